The molecule has 0 unspecified atom stereocenters. The highest BCUT2D eigenvalue weighted by atomic mass is 16.5. The second kappa shape index (κ2) is 5.56. The van der Waals surface area contributed by atoms with Crippen LogP contribution in [0.5, 0.6) is 5.75 Å². The van der Waals surface area contributed by atoms with Crippen LogP contribution >= 0.6 is 0 Å². The second-order valence-electron chi connectivity index (χ2n) is 4.02. The van der Waals surface area contributed by atoms with Gasteiger partial charge in [0.25, 0.3) is 0 Å². The number of benzene rings is 1. The van der Waals surface area contributed by atoms with Crippen molar-refractivity contribution < 1.29 is 19.1 Å². The standard InChI is InChI=1S/C14H15NO4/c1-3-18-12-7-5-4-6-10(12)14-15-11(8-13(16)17)9(2)19-14/h4-7H,3,8H2,1-2H3,(H,16,17). The van der Waals surface area contributed by atoms with Gasteiger partial charge in [0.05, 0.1) is 24.3 Å². The van der Waals surface area contributed by atoms with Gasteiger partial charge in [-0.25, -0.2) is 4.98 Å². The molecular weight excluding hydrogens is 246 g/mol. The number of oxazole rings is 1. The summed E-state index contributed by atoms with van der Waals surface area (Å²) in [7, 11) is 0. The van der Waals surface area contributed by atoms with Crippen molar-refractivity contribution in [2.45, 2.75) is 20.3 Å². The van der Waals surface area contributed by atoms with Gasteiger partial charge in [-0.05, 0) is 26.0 Å². The molecule has 2 rings (SSSR count). The third-order valence-electron chi connectivity index (χ3n) is 2.63. The van der Waals surface area contributed by atoms with Crippen LogP contribution in [-0.4, -0.2) is 22.7 Å². The Labute approximate surface area is 110 Å². The van der Waals surface area contributed by atoms with E-state index in [9.17, 15) is 4.79 Å². The molecule has 0 atom stereocenters. The molecule has 100 valence electrons. The van der Waals surface area contributed by atoms with Crippen molar-refractivity contribution in [2.24, 2.45) is 0 Å². The first-order chi connectivity index (χ1) is 9.11. The summed E-state index contributed by atoms with van der Waals surface area (Å²) in [6, 6.07) is 7.38. The van der Waals surface area contributed by atoms with Crippen LogP contribution in [0.25, 0.3) is 11.5 Å². The molecule has 19 heavy (non-hydrogen) atoms. The number of aliphatic carboxylic acids is 1. The maximum absolute atomic E-state index is 10.7. The summed E-state index contributed by atoms with van der Waals surface area (Å²) in [6.45, 7) is 4.14. The average molecular weight is 261 g/mol. The summed E-state index contributed by atoms with van der Waals surface area (Å²) >= 11 is 0. The van der Waals surface area contributed by atoms with Gasteiger partial charge in [0.2, 0.25) is 5.89 Å². The summed E-state index contributed by atoms with van der Waals surface area (Å²) in [5, 5.41) is 8.80. The molecule has 0 radical (unpaired) electrons. The fraction of sp³-hybridized carbons (Fsp3) is 0.286. The molecule has 0 saturated carbocycles. The first kappa shape index (κ1) is 13.1. The van der Waals surface area contributed by atoms with Gasteiger partial charge in [-0.2, -0.15) is 0 Å². The van der Waals surface area contributed by atoms with Gasteiger partial charge in [-0.15, -0.1) is 0 Å². The minimum Gasteiger partial charge on any atom is -0.493 e. The van der Waals surface area contributed by atoms with Crippen LogP contribution in [0.4, 0.5) is 0 Å². The molecule has 0 spiro atoms. The van der Waals surface area contributed by atoms with Crippen molar-refractivity contribution in [1.82, 2.24) is 4.98 Å². The van der Waals surface area contributed by atoms with E-state index in [0.29, 0.717) is 29.7 Å². The number of rotatable bonds is 5. The molecule has 0 aliphatic carbocycles. The fourth-order valence-electron chi connectivity index (χ4n) is 1.78. The molecule has 5 heteroatoms. The van der Waals surface area contributed by atoms with Crippen molar-refractivity contribution in [3.8, 4) is 17.2 Å². The quantitative estimate of drug-likeness (QED) is 0.895. The van der Waals surface area contributed by atoms with Gasteiger partial charge in [0.1, 0.15) is 11.5 Å². The maximum atomic E-state index is 10.7. The Morgan fingerprint density at radius 3 is 2.84 bits per heavy atom. The minimum absolute atomic E-state index is 0.147. The van der Waals surface area contributed by atoms with E-state index in [-0.39, 0.29) is 6.42 Å². The number of carboxylic acid groups (broad SMARTS) is 1. The van der Waals surface area contributed by atoms with Gasteiger partial charge in [-0.3, -0.25) is 4.79 Å². The van der Waals surface area contributed by atoms with E-state index in [4.69, 9.17) is 14.3 Å². The van der Waals surface area contributed by atoms with Crippen molar-refractivity contribution in [3.63, 3.8) is 0 Å². The van der Waals surface area contributed by atoms with E-state index in [1.807, 2.05) is 31.2 Å². The average Bonchev–Trinajstić information content (AvgIpc) is 2.71. The van der Waals surface area contributed by atoms with Crippen LogP contribution in [0.1, 0.15) is 18.4 Å². The number of aromatic nitrogens is 1. The highest BCUT2D eigenvalue weighted by Crippen LogP contribution is 2.30. The molecule has 0 bridgehead atoms. The first-order valence-electron chi connectivity index (χ1n) is 6.02. The van der Waals surface area contributed by atoms with E-state index in [0.717, 1.165) is 5.56 Å². The van der Waals surface area contributed by atoms with Crippen LogP contribution in [0.2, 0.25) is 0 Å². The van der Waals surface area contributed by atoms with Crippen LogP contribution in [-0.2, 0) is 11.2 Å². The lowest BCUT2D eigenvalue weighted by molar-refractivity contribution is -0.136. The number of nitrogens with zero attached hydrogens (tertiary/aromatic N) is 1. The zero-order valence-electron chi connectivity index (χ0n) is 10.8. The Hall–Kier alpha value is -2.30. The Balaban J connectivity index is 2.39. The van der Waals surface area contributed by atoms with Gasteiger partial charge in [0.15, 0.2) is 0 Å². The third-order valence-corrected chi connectivity index (χ3v) is 2.63. The van der Waals surface area contributed by atoms with Gasteiger partial charge >= 0.3 is 5.97 Å². The molecule has 0 amide bonds. The number of hydrogen-bond acceptors (Lipinski definition) is 4. The van der Waals surface area contributed by atoms with Crippen molar-refractivity contribution in [1.29, 1.82) is 0 Å². The molecule has 0 aliphatic heterocycles. The first-order valence-corrected chi connectivity index (χ1v) is 6.02. The van der Waals surface area contributed by atoms with Crippen molar-refractivity contribution in [2.75, 3.05) is 6.61 Å². The Kier molecular flexibility index (Phi) is 3.85. The summed E-state index contributed by atoms with van der Waals surface area (Å²) < 4.78 is 11.0. The van der Waals surface area contributed by atoms with E-state index < -0.39 is 5.97 Å². The SMILES string of the molecule is CCOc1ccccc1-c1nc(CC(=O)O)c(C)o1. The van der Waals surface area contributed by atoms with E-state index in [1.54, 1.807) is 6.92 Å². The Bertz CT molecular complexity index is 589. The van der Waals surface area contributed by atoms with Gasteiger partial charge in [-0.1, -0.05) is 12.1 Å². The second-order valence-corrected chi connectivity index (χ2v) is 4.02. The van der Waals surface area contributed by atoms with E-state index >= 15 is 0 Å². The van der Waals surface area contributed by atoms with Crippen molar-refractivity contribution >= 4 is 5.97 Å². The topological polar surface area (TPSA) is 72.6 Å². The highest BCUT2D eigenvalue weighted by molar-refractivity contribution is 5.70. The summed E-state index contributed by atoms with van der Waals surface area (Å²) in [4.78, 5) is 15.0. The summed E-state index contributed by atoms with van der Waals surface area (Å²) in [5.74, 6) is 0.649. The molecule has 5 nitrogen and oxygen atoms in total. The zero-order chi connectivity index (χ0) is 13.8. The number of aryl methyl sites for hydroxylation is 1. The summed E-state index contributed by atoms with van der Waals surface area (Å²) in [6.07, 6.45) is -0.147. The number of hydrogen-bond donors (Lipinski definition) is 1. The van der Waals surface area contributed by atoms with Crippen LogP contribution in [0.3, 0.4) is 0 Å². The maximum Gasteiger partial charge on any atom is 0.309 e. The number of para-hydroxylation sites is 1. The smallest absolute Gasteiger partial charge is 0.309 e. The molecule has 0 fully saturated rings. The lowest BCUT2D eigenvalue weighted by atomic mass is 10.2. The molecule has 0 saturated heterocycles. The zero-order valence-corrected chi connectivity index (χ0v) is 10.8. The Morgan fingerprint density at radius 1 is 1.42 bits per heavy atom. The number of carboxylic acids is 1. The molecular formula is C14H15NO4. The van der Waals surface area contributed by atoms with E-state index in [2.05, 4.69) is 4.98 Å². The lowest BCUT2D eigenvalue weighted by Crippen LogP contribution is -2.01. The van der Waals surface area contributed by atoms with Crippen molar-refractivity contribution in [3.05, 3.63) is 35.7 Å². The normalized spacial score (nSPS) is 10.4. The molecule has 1 aromatic heterocycles. The monoisotopic (exact) mass is 261 g/mol. The molecule has 2 aromatic rings. The van der Waals surface area contributed by atoms with Gasteiger partial charge < -0.3 is 14.3 Å². The largest absolute Gasteiger partial charge is 0.493 e. The molecule has 1 N–H and O–H groups in total. The summed E-state index contributed by atoms with van der Waals surface area (Å²) in [5.41, 5.74) is 1.16. The van der Waals surface area contributed by atoms with Crippen LogP contribution in [0.15, 0.2) is 28.7 Å². The molecule has 1 heterocycles. The third kappa shape index (κ3) is 2.93. The van der Waals surface area contributed by atoms with Gasteiger partial charge in [0, 0.05) is 0 Å². The lowest BCUT2D eigenvalue weighted by Gasteiger charge is -2.06. The number of ether oxygens (including phenoxy) is 1. The fourth-order valence-corrected chi connectivity index (χ4v) is 1.78. The number of carbonyl (C=O) groups is 1. The van der Waals surface area contributed by atoms with E-state index in [1.165, 1.54) is 0 Å². The molecule has 0 aliphatic rings. The van der Waals surface area contributed by atoms with Crippen LogP contribution in [0, 0.1) is 6.92 Å². The van der Waals surface area contributed by atoms with Crippen LogP contribution < -0.4 is 4.74 Å². The predicted octanol–water partition coefficient (Wildman–Crippen LogP) is 2.68. The highest BCUT2D eigenvalue weighted by Gasteiger charge is 2.16. The minimum atomic E-state index is -0.930. The predicted molar refractivity (Wildman–Crippen MR) is 69.2 cm³/mol. The Morgan fingerprint density at radius 2 is 2.16 bits per heavy atom. The molecule has 1 aromatic carbocycles.